The summed E-state index contributed by atoms with van der Waals surface area (Å²) in [6.07, 6.45) is 4.68. The van der Waals surface area contributed by atoms with Gasteiger partial charge in [0, 0.05) is 0 Å². The third-order valence-corrected chi connectivity index (χ3v) is 2.04. The fourth-order valence-electron chi connectivity index (χ4n) is 1.35. The number of benzene rings is 1. The van der Waals surface area contributed by atoms with Crippen molar-refractivity contribution in [1.29, 1.82) is 0 Å². The highest BCUT2D eigenvalue weighted by molar-refractivity contribution is 5.58. The normalized spacial score (nSPS) is 11.6. The van der Waals surface area contributed by atoms with Crippen LogP contribution in [0.2, 0.25) is 0 Å². The molecule has 8 nitrogen and oxygen atoms in total. The Bertz CT molecular complexity index is 628. The van der Waals surface area contributed by atoms with E-state index in [0.717, 1.165) is 18.2 Å². The third kappa shape index (κ3) is 2.90. The van der Waals surface area contributed by atoms with Gasteiger partial charge in [-0.25, -0.2) is 19.2 Å². The summed E-state index contributed by atoms with van der Waals surface area (Å²) in [4.78, 5) is 54.5. The van der Waals surface area contributed by atoms with Crippen molar-refractivity contribution in [2.75, 3.05) is 0 Å². The first kappa shape index (κ1) is 13.8. The van der Waals surface area contributed by atoms with E-state index in [1.807, 2.05) is 0 Å². The molecular weight excluding hydrogens is 252 g/mol. The monoisotopic (exact) mass is 256 g/mol. The SMILES string of the molecule is O=C=Nc1ccccc1C(N=C=O)(N=C=O)N=C=O. The van der Waals surface area contributed by atoms with Gasteiger partial charge >= 0.3 is 5.79 Å². The number of hydrogen-bond donors (Lipinski definition) is 0. The second-order valence-corrected chi connectivity index (χ2v) is 2.96. The summed E-state index contributed by atoms with van der Waals surface area (Å²) in [6, 6.07) is 5.67. The van der Waals surface area contributed by atoms with Crippen molar-refractivity contribution >= 4 is 30.0 Å². The minimum atomic E-state index is -2.23. The van der Waals surface area contributed by atoms with Crippen LogP contribution in [0.3, 0.4) is 0 Å². The summed E-state index contributed by atoms with van der Waals surface area (Å²) in [5.74, 6) is -2.23. The number of nitrogens with zero attached hydrogens (tertiary/aromatic N) is 4. The summed E-state index contributed by atoms with van der Waals surface area (Å²) in [7, 11) is 0. The molecule has 0 fully saturated rings. The van der Waals surface area contributed by atoms with E-state index in [0.29, 0.717) is 0 Å². The van der Waals surface area contributed by atoms with Crippen molar-refractivity contribution in [2.24, 2.45) is 20.0 Å². The number of para-hydroxylation sites is 1. The van der Waals surface area contributed by atoms with Crippen molar-refractivity contribution in [1.82, 2.24) is 0 Å². The molecule has 0 unspecified atom stereocenters. The Morgan fingerprint density at radius 3 is 1.79 bits per heavy atom. The van der Waals surface area contributed by atoms with Crippen LogP contribution >= 0.6 is 0 Å². The Balaban J connectivity index is 3.75. The summed E-state index contributed by atoms with van der Waals surface area (Å²) in [6.45, 7) is 0. The third-order valence-electron chi connectivity index (χ3n) is 2.04. The molecule has 0 radical (unpaired) electrons. The zero-order valence-electron chi connectivity index (χ0n) is 9.23. The Labute approximate surface area is 105 Å². The van der Waals surface area contributed by atoms with E-state index in [2.05, 4.69) is 20.0 Å². The first-order valence-electron chi connectivity index (χ1n) is 4.68. The van der Waals surface area contributed by atoms with Crippen LogP contribution < -0.4 is 0 Å². The highest BCUT2D eigenvalue weighted by Gasteiger charge is 2.34. The minimum Gasteiger partial charge on any atom is -0.211 e. The molecule has 0 atom stereocenters. The molecule has 0 heterocycles. The number of carbonyl (C=O) groups excluding carboxylic acids is 4. The van der Waals surface area contributed by atoms with Gasteiger partial charge in [0.25, 0.3) is 0 Å². The fourth-order valence-corrected chi connectivity index (χ4v) is 1.35. The van der Waals surface area contributed by atoms with E-state index in [-0.39, 0.29) is 11.3 Å². The maximum Gasteiger partial charge on any atom is 0.305 e. The fraction of sp³-hybridized carbons (Fsp3) is 0.0909. The molecule has 92 valence electrons. The van der Waals surface area contributed by atoms with E-state index in [9.17, 15) is 19.2 Å². The van der Waals surface area contributed by atoms with Crippen LogP contribution in [0.1, 0.15) is 5.56 Å². The number of aliphatic imine (C=N–C) groups is 4. The van der Waals surface area contributed by atoms with Gasteiger partial charge in [-0.1, -0.05) is 18.2 Å². The van der Waals surface area contributed by atoms with Crippen molar-refractivity contribution in [2.45, 2.75) is 5.79 Å². The molecule has 0 saturated carbocycles. The van der Waals surface area contributed by atoms with Gasteiger partial charge in [0.1, 0.15) is 0 Å². The van der Waals surface area contributed by atoms with Crippen LogP contribution in [0.4, 0.5) is 5.69 Å². The molecule has 1 aromatic rings. The molecule has 1 aromatic carbocycles. The number of isocyanates is 4. The largest absolute Gasteiger partial charge is 0.305 e. The smallest absolute Gasteiger partial charge is 0.211 e. The molecule has 0 N–H and O–H groups in total. The predicted molar refractivity (Wildman–Crippen MR) is 60.3 cm³/mol. The Kier molecular flexibility index (Phi) is 4.70. The predicted octanol–water partition coefficient (Wildman–Crippen LogP) is 0.772. The molecule has 8 heteroatoms. The van der Waals surface area contributed by atoms with E-state index in [1.54, 1.807) is 0 Å². The van der Waals surface area contributed by atoms with E-state index in [1.165, 1.54) is 30.3 Å². The molecule has 0 spiro atoms. The first-order chi connectivity index (χ1) is 9.24. The van der Waals surface area contributed by atoms with E-state index in [4.69, 9.17) is 0 Å². The van der Waals surface area contributed by atoms with Gasteiger partial charge in [-0.2, -0.15) is 4.99 Å². The molecule has 1 rings (SSSR count). The highest BCUT2D eigenvalue weighted by Crippen LogP contribution is 2.35. The zero-order valence-corrected chi connectivity index (χ0v) is 9.23. The van der Waals surface area contributed by atoms with Crippen LogP contribution in [-0.4, -0.2) is 24.3 Å². The van der Waals surface area contributed by atoms with Gasteiger partial charge in [0.2, 0.25) is 24.3 Å². The molecule has 0 aliphatic heterocycles. The Morgan fingerprint density at radius 1 is 0.789 bits per heavy atom. The van der Waals surface area contributed by atoms with Gasteiger partial charge in [0.05, 0.1) is 11.3 Å². The van der Waals surface area contributed by atoms with Gasteiger partial charge in [-0.3, -0.25) is 0 Å². The lowest BCUT2D eigenvalue weighted by molar-refractivity contribution is 0.467. The zero-order chi connectivity index (χ0) is 14.1. The quantitative estimate of drug-likeness (QED) is 0.571. The average Bonchev–Trinajstić information content (AvgIpc) is 2.40. The highest BCUT2D eigenvalue weighted by atomic mass is 16.1. The number of hydrogen-bond acceptors (Lipinski definition) is 8. The average molecular weight is 256 g/mol. The second-order valence-electron chi connectivity index (χ2n) is 2.96. The van der Waals surface area contributed by atoms with Crippen molar-refractivity contribution < 1.29 is 19.2 Å². The molecule has 0 aromatic heterocycles. The molecular formula is C11H4N4O4. The Morgan fingerprint density at radius 2 is 1.32 bits per heavy atom. The van der Waals surface area contributed by atoms with Crippen molar-refractivity contribution in [3.05, 3.63) is 29.8 Å². The van der Waals surface area contributed by atoms with Crippen LogP contribution in [0.15, 0.2) is 44.2 Å². The molecule has 0 saturated heterocycles. The van der Waals surface area contributed by atoms with Crippen LogP contribution in [0.25, 0.3) is 0 Å². The minimum absolute atomic E-state index is 0.0190. The maximum atomic E-state index is 10.4. The summed E-state index contributed by atoms with van der Waals surface area (Å²) in [5.41, 5.74) is -0.0806. The topological polar surface area (TPSA) is 118 Å². The number of rotatable bonds is 5. The molecule has 0 amide bonds. The van der Waals surface area contributed by atoms with E-state index >= 15 is 0 Å². The maximum absolute atomic E-state index is 10.4. The Hall–Kier alpha value is -3.26. The van der Waals surface area contributed by atoms with Crippen LogP contribution in [0.5, 0.6) is 0 Å². The molecule has 19 heavy (non-hydrogen) atoms. The van der Waals surface area contributed by atoms with Gasteiger partial charge in [-0.05, 0) is 6.07 Å². The van der Waals surface area contributed by atoms with E-state index < -0.39 is 5.79 Å². The first-order valence-corrected chi connectivity index (χ1v) is 4.68. The standard InChI is InChI=1S/C11H4N4O4/c16-5-12-10-4-2-1-3-9(10)11(13-6-17,14-7-18)15-8-19/h1-4H. The molecule has 0 aliphatic rings. The van der Waals surface area contributed by atoms with Crippen molar-refractivity contribution in [3.63, 3.8) is 0 Å². The van der Waals surface area contributed by atoms with Gasteiger partial charge in [0.15, 0.2) is 0 Å². The summed E-state index contributed by atoms with van der Waals surface area (Å²) < 4.78 is 0. The van der Waals surface area contributed by atoms with Crippen LogP contribution in [0, 0.1) is 0 Å². The lowest BCUT2D eigenvalue weighted by Crippen LogP contribution is -2.18. The summed E-state index contributed by atoms with van der Waals surface area (Å²) >= 11 is 0. The van der Waals surface area contributed by atoms with Gasteiger partial charge < -0.3 is 0 Å². The summed E-state index contributed by atoms with van der Waals surface area (Å²) in [5, 5.41) is 0. The lowest BCUT2D eigenvalue weighted by atomic mass is 10.1. The lowest BCUT2D eigenvalue weighted by Gasteiger charge is -2.16. The van der Waals surface area contributed by atoms with Crippen LogP contribution in [-0.2, 0) is 25.0 Å². The van der Waals surface area contributed by atoms with Gasteiger partial charge in [-0.15, -0.1) is 15.0 Å². The molecule has 0 aliphatic carbocycles. The van der Waals surface area contributed by atoms with Crippen molar-refractivity contribution in [3.8, 4) is 0 Å². The molecule has 0 bridgehead atoms. The second kappa shape index (κ2) is 6.47.